The third kappa shape index (κ3) is 3.65. The summed E-state index contributed by atoms with van der Waals surface area (Å²) in [6.45, 7) is 3.78. The van der Waals surface area contributed by atoms with Crippen molar-refractivity contribution in [3.63, 3.8) is 0 Å². The van der Waals surface area contributed by atoms with Gasteiger partial charge in [0.1, 0.15) is 0 Å². The van der Waals surface area contributed by atoms with E-state index in [1.54, 1.807) is 6.08 Å². The molecule has 0 saturated carbocycles. The molecular formula is C8H15NO2. The minimum absolute atomic E-state index is 0.156. The van der Waals surface area contributed by atoms with Gasteiger partial charge in [-0.15, -0.1) is 0 Å². The lowest BCUT2D eigenvalue weighted by Gasteiger charge is -2.12. The molecule has 0 heterocycles. The average molecular weight is 157 g/mol. The molecule has 0 aliphatic rings. The van der Waals surface area contributed by atoms with E-state index in [1.165, 1.54) is 6.20 Å². The van der Waals surface area contributed by atoms with Gasteiger partial charge in [-0.2, -0.15) is 0 Å². The summed E-state index contributed by atoms with van der Waals surface area (Å²) >= 11 is 0. The maximum atomic E-state index is 10.6. The lowest BCUT2D eigenvalue weighted by Crippen LogP contribution is -2.18. The number of allylic oxidation sites excluding steroid dienone is 1. The lowest BCUT2D eigenvalue weighted by molar-refractivity contribution is -0.143. The molecule has 0 aliphatic heterocycles. The maximum Gasteiger partial charge on any atom is 0.307 e. The maximum absolute atomic E-state index is 10.6. The van der Waals surface area contributed by atoms with Crippen LogP contribution in [-0.2, 0) is 4.79 Å². The zero-order valence-electron chi connectivity index (χ0n) is 6.95. The SMILES string of the molecule is CC(C)[C@H](C/C=C/N)C(=O)O. The Morgan fingerprint density at radius 3 is 2.45 bits per heavy atom. The number of aliphatic carboxylic acids is 1. The summed E-state index contributed by atoms with van der Waals surface area (Å²) in [7, 11) is 0. The highest BCUT2D eigenvalue weighted by Crippen LogP contribution is 2.15. The predicted octanol–water partition coefficient (Wildman–Crippen LogP) is 1.21. The Morgan fingerprint density at radius 2 is 2.18 bits per heavy atom. The quantitative estimate of drug-likeness (QED) is 0.644. The van der Waals surface area contributed by atoms with Crippen LogP contribution in [0, 0.1) is 11.8 Å². The Hall–Kier alpha value is -0.990. The van der Waals surface area contributed by atoms with Crippen LogP contribution < -0.4 is 5.73 Å². The fourth-order valence-electron chi connectivity index (χ4n) is 0.883. The normalized spacial score (nSPS) is 14.1. The first-order chi connectivity index (χ1) is 5.09. The number of hydrogen-bond acceptors (Lipinski definition) is 2. The van der Waals surface area contributed by atoms with Gasteiger partial charge < -0.3 is 10.8 Å². The van der Waals surface area contributed by atoms with E-state index in [0.29, 0.717) is 6.42 Å². The van der Waals surface area contributed by atoms with Gasteiger partial charge >= 0.3 is 5.97 Å². The summed E-state index contributed by atoms with van der Waals surface area (Å²) in [6, 6.07) is 0. The Labute approximate surface area is 66.9 Å². The monoisotopic (exact) mass is 157 g/mol. The second-order valence-corrected chi connectivity index (χ2v) is 2.85. The summed E-state index contributed by atoms with van der Waals surface area (Å²) < 4.78 is 0. The van der Waals surface area contributed by atoms with Gasteiger partial charge in [0, 0.05) is 0 Å². The van der Waals surface area contributed by atoms with Crippen LogP contribution in [0.4, 0.5) is 0 Å². The molecule has 0 unspecified atom stereocenters. The third-order valence-electron chi connectivity index (χ3n) is 1.65. The van der Waals surface area contributed by atoms with Gasteiger partial charge in [-0.3, -0.25) is 4.79 Å². The van der Waals surface area contributed by atoms with Gasteiger partial charge in [-0.05, 0) is 18.5 Å². The fraction of sp³-hybridized carbons (Fsp3) is 0.625. The zero-order valence-corrected chi connectivity index (χ0v) is 6.95. The molecule has 0 aromatic heterocycles. The van der Waals surface area contributed by atoms with E-state index in [2.05, 4.69) is 0 Å². The van der Waals surface area contributed by atoms with Crippen molar-refractivity contribution in [2.45, 2.75) is 20.3 Å². The fourth-order valence-corrected chi connectivity index (χ4v) is 0.883. The van der Waals surface area contributed by atoms with Gasteiger partial charge in [0.05, 0.1) is 5.92 Å². The second-order valence-electron chi connectivity index (χ2n) is 2.85. The molecule has 0 aromatic carbocycles. The molecule has 0 amide bonds. The molecule has 3 N–H and O–H groups in total. The molecule has 0 radical (unpaired) electrons. The van der Waals surface area contributed by atoms with Crippen LogP contribution in [0.5, 0.6) is 0 Å². The second kappa shape index (κ2) is 4.77. The van der Waals surface area contributed by atoms with Crippen molar-refractivity contribution >= 4 is 5.97 Å². The van der Waals surface area contributed by atoms with Crippen LogP contribution in [0.15, 0.2) is 12.3 Å². The Bertz CT molecular complexity index is 152. The van der Waals surface area contributed by atoms with Crippen molar-refractivity contribution in [3.05, 3.63) is 12.3 Å². The standard InChI is InChI=1S/C8H15NO2/c1-6(2)7(8(10)11)4-3-5-9/h3,5-7H,4,9H2,1-2H3,(H,10,11)/b5-3+/t7-/m0/s1. The summed E-state index contributed by atoms with van der Waals surface area (Å²) in [4.78, 5) is 10.6. The number of carboxylic acids is 1. The number of nitrogens with two attached hydrogens (primary N) is 1. The molecule has 3 nitrogen and oxygen atoms in total. The summed E-state index contributed by atoms with van der Waals surface area (Å²) in [5, 5.41) is 8.70. The van der Waals surface area contributed by atoms with E-state index in [9.17, 15) is 4.79 Å². The first-order valence-corrected chi connectivity index (χ1v) is 3.69. The van der Waals surface area contributed by atoms with E-state index in [0.717, 1.165) is 0 Å². The van der Waals surface area contributed by atoms with Crippen LogP contribution in [0.1, 0.15) is 20.3 Å². The molecule has 0 aromatic rings. The van der Waals surface area contributed by atoms with Gasteiger partial charge in [0.25, 0.3) is 0 Å². The van der Waals surface area contributed by atoms with Crippen molar-refractivity contribution in [1.82, 2.24) is 0 Å². The van der Waals surface area contributed by atoms with Gasteiger partial charge in [-0.25, -0.2) is 0 Å². The van der Waals surface area contributed by atoms with E-state index in [4.69, 9.17) is 10.8 Å². The molecule has 1 atom stereocenters. The number of carboxylic acid groups (broad SMARTS) is 1. The van der Waals surface area contributed by atoms with Crippen molar-refractivity contribution in [2.75, 3.05) is 0 Å². The first-order valence-electron chi connectivity index (χ1n) is 3.69. The first kappa shape index (κ1) is 10.0. The van der Waals surface area contributed by atoms with Crippen molar-refractivity contribution in [1.29, 1.82) is 0 Å². The van der Waals surface area contributed by atoms with Crippen LogP contribution in [0.2, 0.25) is 0 Å². The molecule has 3 heteroatoms. The lowest BCUT2D eigenvalue weighted by atomic mass is 9.93. The predicted molar refractivity (Wildman–Crippen MR) is 43.9 cm³/mol. The summed E-state index contributed by atoms with van der Waals surface area (Å²) in [5.74, 6) is -0.906. The molecule has 0 aliphatic carbocycles. The van der Waals surface area contributed by atoms with E-state index in [1.807, 2.05) is 13.8 Å². The van der Waals surface area contributed by atoms with Crippen LogP contribution in [-0.4, -0.2) is 11.1 Å². The van der Waals surface area contributed by atoms with Crippen LogP contribution >= 0.6 is 0 Å². The van der Waals surface area contributed by atoms with Gasteiger partial charge in [0.2, 0.25) is 0 Å². The number of rotatable bonds is 4. The summed E-state index contributed by atoms with van der Waals surface area (Å²) in [6.07, 6.45) is 3.58. The Morgan fingerprint density at radius 1 is 1.64 bits per heavy atom. The zero-order chi connectivity index (χ0) is 8.85. The number of carbonyl (C=O) groups is 1. The average Bonchev–Trinajstić information content (AvgIpc) is 1.87. The highest BCUT2D eigenvalue weighted by Gasteiger charge is 2.19. The summed E-state index contributed by atoms with van der Waals surface area (Å²) in [5.41, 5.74) is 5.10. The minimum atomic E-state index is -0.752. The Kier molecular flexibility index (Phi) is 4.34. The van der Waals surface area contributed by atoms with Crippen LogP contribution in [0.3, 0.4) is 0 Å². The van der Waals surface area contributed by atoms with Crippen molar-refractivity contribution in [3.8, 4) is 0 Å². The highest BCUT2D eigenvalue weighted by atomic mass is 16.4. The topological polar surface area (TPSA) is 63.3 Å². The highest BCUT2D eigenvalue weighted by molar-refractivity contribution is 5.70. The van der Waals surface area contributed by atoms with Gasteiger partial charge in [0.15, 0.2) is 0 Å². The molecule has 0 saturated heterocycles. The van der Waals surface area contributed by atoms with Gasteiger partial charge in [-0.1, -0.05) is 19.9 Å². The van der Waals surface area contributed by atoms with Crippen molar-refractivity contribution in [2.24, 2.45) is 17.6 Å². The molecule has 0 spiro atoms. The van der Waals surface area contributed by atoms with Crippen LogP contribution in [0.25, 0.3) is 0 Å². The largest absolute Gasteiger partial charge is 0.481 e. The van der Waals surface area contributed by atoms with E-state index < -0.39 is 5.97 Å². The molecular weight excluding hydrogens is 142 g/mol. The Balaban J connectivity index is 4.00. The van der Waals surface area contributed by atoms with E-state index in [-0.39, 0.29) is 11.8 Å². The molecule has 0 fully saturated rings. The van der Waals surface area contributed by atoms with Crippen molar-refractivity contribution < 1.29 is 9.90 Å². The molecule has 64 valence electrons. The minimum Gasteiger partial charge on any atom is -0.481 e. The molecule has 0 rings (SSSR count). The number of hydrogen-bond donors (Lipinski definition) is 2. The third-order valence-corrected chi connectivity index (χ3v) is 1.65. The molecule has 11 heavy (non-hydrogen) atoms. The molecule has 0 bridgehead atoms. The smallest absolute Gasteiger partial charge is 0.307 e. The van der Waals surface area contributed by atoms with E-state index >= 15 is 0 Å².